The van der Waals surface area contributed by atoms with Gasteiger partial charge in [0.2, 0.25) is 0 Å². The van der Waals surface area contributed by atoms with Crippen LogP contribution in [-0.4, -0.2) is 31.6 Å². The third-order valence-corrected chi connectivity index (χ3v) is 3.59. The Hall–Kier alpha value is -1.06. The predicted molar refractivity (Wildman–Crippen MR) is 76.9 cm³/mol. The summed E-state index contributed by atoms with van der Waals surface area (Å²) in [4.78, 5) is 2.34. The maximum atomic E-state index is 6.30. The summed E-state index contributed by atoms with van der Waals surface area (Å²) >= 11 is 0. The average Bonchev–Trinajstić information content (AvgIpc) is 2.40. The summed E-state index contributed by atoms with van der Waals surface area (Å²) in [6, 6.07) is 8.59. The van der Waals surface area contributed by atoms with Crippen LogP contribution in [0.3, 0.4) is 0 Å². The van der Waals surface area contributed by atoms with Gasteiger partial charge in [0.05, 0.1) is 7.11 Å². The molecule has 1 rings (SSSR count). The molecule has 1 aromatic rings. The molecule has 0 fully saturated rings. The lowest BCUT2D eigenvalue weighted by atomic mass is 10.0. The van der Waals surface area contributed by atoms with Crippen molar-refractivity contribution in [3.63, 3.8) is 0 Å². The minimum atomic E-state index is -0.00764. The quantitative estimate of drug-likeness (QED) is 0.808. The Bertz CT molecular complexity index is 350. The van der Waals surface area contributed by atoms with Gasteiger partial charge < -0.3 is 15.4 Å². The molecule has 0 heterocycles. The van der Waals surface area contributed by atoms with Gasteiger partial charge in [0, 0.05) is 24.2 Å². The van der Waals surface area contributed by atoms with Gasteiger partial charge in [-0.25, -0.2) is 0 Å². The molecule has 1 aromatic carbocycles. The highest BCUT2D eigenvalue weighted by Crippen LogP contribution is 2.24. The molecule has 1 atom stereocenters. The molecule has 3 heteroatoms. The molecule has 0 amide bonds. The van der Waals surface area contributed by atoms with Crippen LogP contribution in [0.4, 0.5) is 0 Å². The zero-order chi connectivity index (χ0) is 13.5. The van der Waals surface area contributed by atoms with Crippen LogP contribution in [0.2, 0.25) is 0 Å². The molecule has 0 aliphatic heterocycles. The van der Waals surface area contributed by atoms with E-state index in [1.807, 2.05) is 24.3 Å². The van der Waals surface area contributed by atoms with Crippen LogP contribution >= 0.6 is 0 Å². The summed E-state index contributed by atoms with van der Waals surface area (Å²) in [5, 5.41) is 0. The van der Waals surface area contributed by atoms with Gasteiger partial charge in [-0.3, -0.25) is 0 Å². The minimum Gasteiger partial charge on any atom is -0.496 e. The van der Waals surface area contributed by atoms with Crippen molar-refractivity contribution < 1.29 is 4.74 Å². The number of benzene rings is 1. The van der Waals surface area contributed by atoms with Crippen molar-refractivity contribution in [2.45, 2.75) is 38.8 Å². The highest BCUT2D eigenvalue weighted by Gasteiger charge is 2.17. The second-order valence-corrected chi connectivity index (χ2v) is 4.76. The Morgan fingerprint density at radius 2 is 1.83 bits per heavy atom. The van der Waals surface area contributed by atoms with Crippen LogP contribution in [0.5, 0.6) is 5.75 Å². The molecule has 0 bridgehead atoms. The van der Waals surface area contributed by atoms with E-state index in [1.54, 1.807) is 7.11 Å². The summed E-state index contributed by atoms with van der Waals surface area (Å²) in [6.45, 7) is 5.30. The molecular weight excluding hydrogens is 224 g/mol. The Balaban J connectivity index is 2.72. The van der Waals surface area contributed by atoms with Crippen LogP contribution in [-0.2, 0) is 0 Å². The van der Waals surface area contributed by atoms with Crippen molar-refractivity contribution in [1.29, 1.82) is 0 Å². The molecule has 18 heavy (non-hydrogen) atoms. The molecule has 0 aliphatic carbocycles. The number of rotatable bonds is 7. The number of nitrogens with zero attached hydrogens (tertiary/aromatic N) is 1. The molecule has 0 spiro atoms. The largest absolute Gasteiger partial charge is 0.496 e. The Labute approximate surface area is 111 Å². The van der Waals surface area contributed by atoms with Crippen molar-refractivity contribution in [2.24, 2.45) is 5.73 Å². The van der Waals surface area contributed by atoms with Crippen LogP contribution in [0.15, 0.2) is 24.3 Å². The Kier molecular flexibility index (Phi) is 6.16. The SMILES string of the molecule is CCC(CC)N(C)CC(N)c1ccccc1OC. The zero-order valence-corrected chi connectivity index (χ0v) is 12.0. The molecule has 2 N–H and O–H groups in total. The average molecular weight is 250 g/mol. The normalized spacial score (nSPS) is 13.1. The third-order valence-electron chi connectivity index (χ3n) is 3.59. The van der Waals surface area contributed by atoms with Crippen LogP contribution in [0.1, 0.15) is 38.3 Å². The first-order valence-electron chi connectivity index (χ1n) is 6.72. The monoisotopic (exact) mass is 250 g/mol. The van der Waals surface area contributed by atoms with Crippen LogP contribution in [0, 0.1) is 0 Å². The van der Waals surface area contributed by atoms with Gasteiger partial charge in [0.25, 0.3) is 0 Å². The number of para-hydroxylation sites is 1. The van der Waals surface area contributed by atoms with E-state index in [9.17, 15) is 0 Å². The molecule has 0 radical (unpaired) electrons. The Morgan fingerprint density at radius 3 is 2.39 bits per heavy atom. The lowest BCUT2D eigenvalue weighted by molar-refractivity contribution is 0.216. The fourth-order valence-electron chi connectivity index (χ4n) is 2.44. The molecule has 1 unspecified atom stereocenters. The Morgan fingerprint density at radius 1 is 1.22 bits per heavy atom. The lowest BCUT2D eigenvalue weighted by Gasteiger charge is -2.29. The molecule has 0 aliphatic rings. The van der Waals surface area contributed by atoms with Crippen LogP contribution in [0.25, 0.3) is 0 Å². The van der Waals surface area contributed by atoms with E-state index in [0.717, 1.165) is 30.7 Å². The maximum Gasteiger partial charge on any atom is 0.123 e. The van der Waals surface area contributed by atoms with Gasteiger partial charge in [-0.1, -0.05) is 32.0 Å². The van der Waals surface area contributed by atoms with Gasteiger partial charge in [-0.05, 0) is 26.0 Å². The molecule has 102 valence electrons. The van der Waals surface area contributed by atoms with Crippen molar-refractivity contribution in [1.82, 2.24) is 4.90 Å². The number of hydrogen-bond acceptors (Lipinski definition) is 3. The minimum absolute atomic E-state index is 0.00764. The summed E-state index contributed by atoms with van der Waals surface area (Å²) in [5.41, 5.74) is 7.38. The number of methoxy groups -OCH3 is 1. The highest BCUT2D eigenvalue weighted by molar-refractivity contribution is 5.35. The van der Waals surface area contributed by atoms with Gasteiger partial charge in [-0.2, -0.15) is 0 Å². The van der Waals surface area contributed by atoms with Crippen molar-refractivity contribution in [3.05, 3.63) is 29.8 Å². The first-order valence-corrected chi connectivity index (χ1v) is 6.72. The fourth-order valence-corrected chi connectivity index (χ4v) is 2.44. The van der Waals surface area contributed by atoms with Crippen molar-refractivity contribution in [2.75, 3.05) is 20.7 Å². The van der Waals surface area contributed by atoms with E-state index in [0.29, 0.717) is 6.04 Å². The first-order chi connectivity index (χ1) is 8.63. The summed E-state index contributed by atoms with van der Waals surface area (Å²) in [7, 11) is 3.84. The van der Waals surface area contributed by atoms with Gasteiger partial charge in [0.15, 0.2) is 0 Å². The standard InChI is InChI=1S/C15H26N2O/c1-5-12(6-2)17(3)11-14(16)13-9-7-8-10-15(13)18-4/h7-10,12,14H,5-6,11,16H2,1-4H3. The summed E-state index contributed by atoms with van der Waals surface area (Å²) in [5.74, 6) is 0.878. The third kappa shape index (κ3) is 3.72. The summed E-state index contributed by atoms with van der Waals surface area (Å²) in [6.07, 6.45) is 2.32. The lowest BCUT2D eigenvalue weighted by Crippen LogP contribution is -2.36. The van der Waals surface area contributed by atoms with Crippen molar-refractivity contribution >= 4 is 0 Å². The maximum absolute atomic E-state index is 6.30. The fraction of sp³-hybridized carbons (Fsp3) is 0.600. The predicted octanol–water partition coefficient (Wildman–Crippen LogP) is 2.82. The molecule has 0 saturated carbocycles. The number of hydrogen-bond donors (Lipinski definition) is 1. The van der Waals surface area contributed by atoms with Gasteiger partial charge >= 0.3 is 0 Å². The smallest absolute Gasteiger partial charge is 0.123 e. The molecule has 0 saturated heterocycles. The second kappa shape index (κ2) is 7.39. The second-order valence-electron chi connectivity index (χ2n) is 4.76. The van der Waals surface area contributed by atoms with E-state index >= 15 is 0 Å². The van der Waals surface area contributed by atoms with E-state index < -0.39 is 0 Å². The first kappa shape index (κ1) is 15.0. The number of nitrogens with two attached hydrogens (primary N) is 1. The highest BCUT2D eigenvalue weighted by atomic mass is 16.5. The van der Waals surface area contributed by atoms with E-state index in [4.69, 9.17) is 10.5 Å². The van der Waals surface area contributed by atoms with E-state index in [-0.39, 0.29) is 6.04 Å². The molecular formula is C15H26N2O. The van der Waals surface area contributed by atoms with Gasteiger partial charge in [0.1, 0.15) is 5.75 Å². The van der Waals surface area contributed by atoms with E-state index in [1.165, 1.54) is 0 Å². The molecule has 3 nitrogen and oxygen atoms in total. The van der Waals surface area contributed by atoms with E-state index in [2.05, 4.69) is 25.8 Å². The van der Waals surface area contributed by atoms with Crippen LogP contribution < -0.4 is 10.5 Å². The van der Waals surface area contributed by atoms with Gasteiger partial charge in [-0.15, -0.1) is 0 Å². The molecule has 0 aromatic heterocycles. The topological polar surface area (TPSA) is 38.5 Å². The summed E-state index contributed by atoms with van der Waals surface area (Å²) < 4.78 is 5.36. The number of ether oxygens (including phenoxy) is 1. The van der Waals surface area contributed by atoms with Crippen molar-refractivity contribution in [3.8, 4) is 5.75 Å². The number of likely N-dealkylation sites (N-methyl/N-ethyl adjacent to an activating group) is 1. The zero-order valence-electron chi connectivity index (χ0n) is 12.0.